The van der Waals surface area contributed by atoms with Gasteiger partial charge in [0.1, 0.15) is 54.6 Å². The van der Waals surface area contributed by atoms with Crippen LogP contribution in [0.25, 0.3) is 0 Å². The van der Waals surface area contributed by atoms with Gasteiger partial charge in [0.25, 0.3) is 0 Å². The number of aliphatic hydroxyl groups excluding tert-OH is 7. The lowest BCUT2D eigenvalue weighted by Gasteiger charge is -2.42. The average molecular weight is 459 g/mol. The van der Waals surface area contributed by atoms with E-state index in [2.05, 4.69) is 0 Å². The van der Waals surface area contributed by atoms with E-state index in [0.29, 0.717) is 5.75 Å². The van der Waals surface area contributed by atoms with E-state index in [1.54, 1.807) is 36.4 Å². The molecule has 0 amide bonds. The van der Waals surface area contributed by atoms with Crippen LogP contribution in [-0.2, 0) is 14.2 Å². The van der Waals surface area contributed by atoms with Crippen LogP contribution < -0.4 is 4.74 Å². The molecule has 0 aromatic heterocycles. The molecule has 0 bridgehead atoms. The number of para-hydroxylation sites is 1. The van der Waals surface area contributed by atoms with E-state index in [4.69, 9.17) is 24.2 Å². The van der Waals surface area contributed by atoms with Gasteiger partial charge in [-0.15, -0.1) is 0 Å². The third kappa shape index (κ3) is 6.33. The highest BCUT2D eigenvalue weighted by Crippen LogP contribution is 2.26. The average Bonchev–Trinajstić information content (AvgIpc) is 2.79. The molecule has 0 saturated carbocycles. The minimum atomic E-state index is -1.62. The van der Waals surface area contributed by atoms with Gasteiger partial charge in [0.05, 0.1) is 19.3 Å². The summed E-state index contributed by atoms with van der Waals surface area (Å²) in [5.74, 6) is 0.369. The molecule has 2 saturated heterocycles. The van der Waals surface area contributed by atoms with Crippen LogP contribution in [0.15, 0.2) is 30.3 Å². The zero-order valence-electron chi connectivity index (χ0n) is 17.3. The van der Waals surface area contributed by atoms with Crippen LogP contribution in [0.5, 0.6) is 5.75 Å². The smallest absolute Gasteiger partial charge is 0.229 e. The van der Waals surface area contributed by atoms with E-state index in [0.717, 1.165) is 0 Å². The monoisotopic (exact) mass is 459 g/mol. The molecular formula is C20H29NO11. The number of hydrogen-bond acceptors (Lipinski definition) is 12. The molecule has 12 nitrogen and oxygen atoms in total. The lowest BCUT2D eigenvalue weighted by molar-refractivity contribution is -0.323. The molecule has 1 aromatic carbocycles. The predicted octanol–water partition coefficient (Wildman–Crippen LogP) is -2.78. The van der Waals surface area contributed by atoms with Gasteiger partial charge in [-0.25, -0.2) is 0 Å². The first kappa shape index (κ1) is 26.4. The van der Waals surface area contributed by atoms with Gasteiger partial charge in [-0.05, 0) is 12.1 Å². The van der Waals surface area contributed by atoms with Gasteiger partial charge in [-0.2, -0.15) is 5.26 Å². The molecule has 7 N–H and O–H groups in total. The zero-order chi connectivity index (χ0) is 23.8. The number of benzene rings is 1. The van der Waals surface area contributed by atoms with Gasteiger partial charge in [0, 0.05) is 6.92 Å². The first-order valence-electron chi connectivity index (χ1n) is 9.89. The van der Waals surface area contributed by atoms with Crippen molar-refractivity contribution in [3.63, 3.8) is 0 Å². The van der Waals surface area contributed by atoms with Crippen molar-refractivity contribution in [3.8, 4) is 11.8 Å². The van der Waals surface area contributed by atoms with Gasteiger partial charge < -0.3 is 54.7 Å². The summed E-state index contributed by atoms with van der Waals surface area (Å²) in [7, 11) is 0. The molecule has 0 radical (unpaired) electrons. The number of nitriles is 1. The summed E-state index contributed by atoms with van der Waals surface area (Å²) in [5.41, 5.74) is 0. The van der Waals surface area contributed by atoms with Gasteiger partial charge >= 0.3 is 0 Å². The molecule has 0 aliphatic carbocycles. The Kier molecular flexibility index (Phi) is 10.2. The molecule has 10 atom stereocenters. The van der Waals surface area contributed by atoms with Gasteiger partial charge in [-0.3, -0.25) is 0 Å². The Labute approximate surface area is 184 Å². The fourth-order valence-electron chi connectivity index (χ4n) is 3.18. The molecule has 0 spiro atoms. The molecule has 2 fully saturated rings. The van der Waals surface area contributed by atoms with Crippen molar-refractivity contribution in [2.24, 2.45) is 0 Å². The quantitative estimate of drug-likeness (QED) is 0.231. The van der Waals surface area contributed by atoms with Crippen LogP contribution in [0.3, 0.4) is 0 Å². The van der Waals surface area contributed by atoms with Crippen molar-refractivity contribution in [2.75, 3.05) is 13.2 Å². The Bertz CT molecular complexity index is 715. The van der Waals surface area contributed by atoms with E-state index >= 15 is 0 Å². The molecule has 2 aliphatic rings. The van der Waals surface area contributed by atoms with Gasteiger partial charge in [0.2, 0.25) is 6.29 Å². The van der Waals surface area contributed by atoms with Crippen molar-refractivity contribution in [1.82, 2.24) is 0 Å². The molecule has 2 aliphatic heterocycles. The largest absolute Gasteiger partial charge is 0.462 e. The number of aliphatic hydroxyl groups is 7. The van der Waals surface area contributed by atoms with Crippen molar-refractivity contribution >= 4 is 0 Å². The van der Waals surface area contributed by atoms with E-state index in [9.17, 15) is 35.7 Å². The lowest BCUT2D eigenvalue weighted by atomic mass is 9.98. The molecule has 0 unspecified atom stereocenters. The highest BCUT2D eigenvalue weighted by Gasteiger charge is 2.47. The summed E-state index contributed by atoms with van der Waals surface area (Å²) in [5, 5.41) is 76.5. The highest BCUT2D eigenvalue weighted by molar-refractivity contribution is 5.21. The van der Waals surface area contributed by atoms with Crippen molar-refractivity contribution in [2.45, 2.75) is 68.3 Å². The summed E-state index contributed by atoms with van der Waals surface area (Å²) in [4.78, 5) is 0. The van der Waals surface area contributed by atoms with Crippen LogP contribution in [0, 0.1) is 11.3 Å². The minimum absolute atomic E-state index is 0.369. The van der Waals surface area contributed by atoms with Gasteiger partial charge in [-0.1, -0.05) is 18.2 Å². The summed E-state index contributed by atoms with van der Waals surface area (Å²) in [6.07, 6.45) is -14.5. The van der Waals surface area contributed by atoms with E-state index in [1.807, 2.05) is 0 Å². The second-order valence-electron chi connectivity index (χ2n) is 7.20. The second-order valence-corrected chi connectivity index (χ2v) is 7.20. The number of hydrogen-bond donors (Lipinski definition) is 7. The fraction of sp³-hybridized carbons (Fsp3) is 0.650. The summed E-state index contributed by atoms with van der Waals surface area (Å²) in [6, 6.07) is 10.2. The van der Waals surface area contributed by atoms with E-state index < -0.39 is 74.6 Å². The second kappa shape index (κ2) is 12.4. The Balaban J connectivity index is 0.00000114. The van der Waals surface area contributed by atoms with Crippen molar-refractivity contribution in [1.29, 1.82) is 5.26 Å². The Morgan fingerprint density at radius 3 is 1.88 bits per heavy atom. The molecule has 180 valence electrons. The first-order valence-corrected chi connectivity index (χ1v) is 9.89. The molecule has 12 heteroatoms. The van der Waals surface area contributed by atoms with E-state index in [-0.39, 0.29) is 0 Å². The number of nitrogens with zero attached hydrogens (tertiary/aromatic N) is 1. The fourth-order valence-corrected chi connectivity index (χ4v) is 3.18. The summed E-state index contributed by atoms with van der Waals surface area (Å²) in [6.45, 7) is 0.396. The SMILES string of the molecule is CC#N.OC[C@H]1O[C@@H](OC[C@H]2O[C@@H](Oc3ccccc3)[C@H](O)[C@@H](O)[C@@H]2O)[C@H](O)[C@@H](O)[C@@H]1O. The van der Waals surface area contributed by atoms with E-state index in [1.165, 1.54) is 6.92 Å². The van der Waals surface area contributed by atoms with Crippen molar-refractivity contribution in [3.05, 3.63) is 30.3 Å². The molecular weight excluding hydrogens is 430 g/mol. The van der Waals surface area contributed by atoms with Crippen LogP contribution in [-0.4, -0.2) is 110 Å². The van der Waals surface area contributed by atoms with Gasteiger partial charge in [0.15, 0.2) is 6.29 Å². The molecule has 1 aromatic rings. The third-order valence-electron chi connectivity index (χ3n) is 4.94. The molecule has 32 heavy (non-hydrogen) atoms. The summed E-state index contributed by atoms with van der Waals surface area (Å²) >= 11 is 0. The number of rotatable bonds is 6. The third-order valence-corrected chi connectivity index (χ3v) is 4.94. The first-order chi connectivity index (χ1) is 15.2. The standard InChI is InChI=1S/C18H26O11.C2H3N/c19-6-9-11(20)13(22)15(24)17(28-9)26-7-10-12(21)14(23)16(25)18(29-10)27-8-4-2-1-3-5-8;1-2-3/h1-5,9-25H,6-7H2;1H3/t9-,10-,11-,12-,13+,14+,15-,16-,17-,18-;/m1./s1. The van der Waals surface area contributed by atoms with Crippen LogP contribution >= 0.6 is 0 Å². The minimum Gasteiger partial charge on any atom is -0.462 e. The Morgan fingerprint density at radius 2 is 1.31 bits per heavy atom. The lowest BCUT2D eigenvalue weighted by Crippen LogP contribution is -2.62. The normalized spacial score (nSPS) is 39.3. The molecule has 3 rings (SSSR count). The Hall–Kier alpha value is -1.89. The van der Waals surface area contributed by atoms with Crippen molar-refractivity contribution < 1.29 is 54.7 Å². The van der Waals surface area contributed by atoms with Crippen LogP contribution in [0.4, 0.5) is 0 Å². The maximum Gasteiger partial charge on any atom is 0.229 e. The topological polar surface area (TPSA) is 202 Å². The zero-order valence-corrected chi connectivity index (χ0v) is 17.3. The highest BCUT2D eigenvalue weighted by atomic mass is 16.7. The van der Waals surface area contributed by atoms with Crippen LogP contribution in [0.2, 0.25) is 0 Å². The summed E-state index contributed by atoms with van der Waals surface area (Å²) < 4.78 is 21.6. The molecule has 2 heterocycles. The predicted molar refractivity (Wildman–Crippen MR) is 105 cm³/mol. The maximum atomic E-state index is 10.2. The maximum absolute atomic E-state index is 10.2. The van der Waals surface area contributed by atoms with Crippen LogP contribution in [0.1, 0.15) is 6.92 Å². The Morgan fingerprint density at radius 1 is 0.812 bits per heavy atom. The number of ether oxygens (including phenoxy) is 4.